The maximum absolute atomic E-state index is 12.6. The van der Waals surface area contributed by atoms with Crippen molar-refractivity contribution in [2.45, 2.75) is 18.8 Å². The number of amides is 1. The van der Waals surface area contributed by atoms with Crippen molar-refractivity contribution in [1.82, 2.24) is 10.2 Å². The number of carbonyl (C=O) groups excluding carboxylic acids is 1. The van der Waals surface area contributed by atoms with Gasteiger partial charge < -0.3 is 4.90 Å². The van der Waals surface area contributed by atoms with E-state index in [9.17, 15) is 18.0 Å². The van der Waals surface area contributed by atoms with Crippen LogP contribution in [0, 0.1) is 0 Å². The lowest BCUT2D eigenvalue weighted by Gasteiger charge is -2.21. The fourth-order valence-electron chi connectivity index (χ4n) is 2.02. The lowest BCUT2D eigenvalue weighted by molar-refractivity contribution is -0.137. The molecule has 1 atom stereocenters. The Balaban J connectivity index is 2.04. The maximum Gasteiger partial charge on any atom is 0.416 e. The average molecular weight is 304 g/mol. The van der Waals surface area contributed by atoms with Crippen LogP contribution in [0.25, 0.3) is 0 Å². The number of benzene rings is 1. The van der Waals surface area contributed by atoms with Gasteiger partial charge in [0.25, 0.3) is 0 Å². The second-order valence-electron chi connectivity index (χ2n) is 4.66. The standard InChI is InChI=1S/C13H15F3N2OS/c1-18(12(19)11-7-20-8-17-11)6-9-3-2-4-10(5-9)13(14,15)16/h2-5,11,17H,6-8H2,1H3. The van der Waals surface area contributed by atoms with Gasteiger partial charge in [0.2, 0.25) is 5.91 Å². The molecule has 1 aliphatic heterocycles. The average Bonchev–Trinajstić information content (AvgIpc) is 2.91. The predicted octanol–water partition coefficient (Wildman–Crippen LogP) is 2.33. The molecule has 2 rings (SSSR count). The lowest BCUT2D eigenvalue weighted by Crippen LogP contribution is -2.42. The summed E-state index contributed by atoms with van der Waals surface area (Å²) in [6.45, 7) is 0.172. The van der Waals surface area contributed by atoms with Crippen LogP contribution in [-0.2, 0) is 17.5 Å². The zero-order valence-electron chi connectivity index (χ0n) is 10.9. The number of likely N-dealkylation sites (N-methyl/N-ethyl adjacent to an activating group) is 1. The van der Waals surface area contributed by atoms with E-state index in [1.807, 2.05) is 0 Å². The Morgan fingerprint density at radius 3 is 2.85 bits per heavy atom. The Kier molecular flexibility index (Phi) is 4.59. The minimum absolute atomic E-state index is 0.0904. The van der Waals surface area contributed by atoms with Gasteiger partial charge in [-0.25, -0.2) is 0 Å². The van der Waals surface area contributed by atoms with Crippen molar-refractivity contribution in [3.63, 3.8) is 0 Å². The normalized spacial score (nSPS) is 19.1. The molecule has 0 aromatic heterocycles. The van der Waals surface area contributed by atoms with E-state index in [0.717, 1.165) is 18.0 Å². The van der Waals surface area contributed by atoms with Gasteiger partial charge in [0, 0.05) is 25.2 Å². The summed E-state index contributed by atoms with van der Waals surface area (Å²) < 4.78 is 37.8. The first-order valence-electron chi connectivity index (χ1n) is 6.10. The van der Waals surface area contributed by atoms with Crippen molar-refractivity contribution in [2.24, 2.45) is 0 Å². The van der Waals surface area contributed by atoms with Crippen LogP contribution in [0.2, 0.25) is 0 Å². The van der Waals surface area contributed by atoms with Crippen LogP contribution < -0.4 is 5.32 Å². The van der Waals surface area contributed by atoms with Crippen LogP contribution in [0.4, 0.5) is 13.2 Å². The number of halogens is 3. The summed E-state index contributed by atoms with van der Waals surface area (Å²) in [5, 5.41) is 3.05. The minimum Gasteiger partial charge on any atom is -0.340 e. The van der Waals surface area contributed by atoms with E-state index >= 15 is 0 Å². The van der Waals surface area contributed by atoms with Gasteiger partial charge in [-0.15, -0.1) is 11.8 Å². The highest BCUT2D eigenvalue weighted by Gasteiger charge is 2.31. The quantitative estimate of drug-likeness (QED) is 0.930. The van der Waals surface area contributed by atoms with E-state index in [4.69, 9.17) is 0 Å². The summed E-state index contributed by atoms with van der Waals surface area (Å²) in [7, 11) is 1.60. The zero-order valence-corrected chi connectivity index (χ0v) is 11.7. The van der Waals surface area contributed by atoms with Gasteiger partial charge in [0.1, 0.15) is 0 Å². The molecule has 1 aromatic carbocycles. The second-order valence-corrected chi connectivity index (χ2v) is 5.69. The SMILES string of the molecule is CN(Cc1cccc(C(F)(F)F)c1)C(=O)C1CSCN1. The highest BCUT2D eigenvalue weighted by atomic mass is 32.2. The first-order valence-corrected chi connectivity index (χ1v) is 7.25. The summed E-state index contributed by atoms with van der Waals surface area (Å²) in [5.74, 6) is 1.34. The number of rotatable bonds is 3. The number of carbonyl (C=O) groups is 1. The summed E-state index contributed by atoms with van der Waals surface area (Å²) in [6.07, 6.45) is -4.36. The number of hydrogen-bond acceptors (Lipinski definition) is 3. The van der Waals surface area contributed by atoms with Crippen molar-refractivity contribution in [3.05, 3.63) is 35.4 Å². The van der Waals surface area contributed by atoms with E-state index in [0.29, 0.717) is 11.3 Å². The van der Waals surface area contributed by atoms with Gasteiger partial charge in [0.15, 0.2) is 0 Å². The third-order valence-electron chi connectivity index (χ3n) is 3.06. The molecular formula is C13H15F3N2OS. The summed E-state index contributed by atoms with van der Waals surface area (Å²) in [5.41, 5.74) is -0.216. The van der Waals surface area contributed by atoms with Crippen molar-refractivity contribution in [1.29, 1.82) is 0 Å². The number of nitrogens with one attached hydrogen (secondary N) is 1. The predicted molar refractivity (Wildman–Crippen MR) is 72.2 cm³/mol. The minimum atomic E-state index is -4.36. The summed E-state index contributed by atoms with van der Waals surface area (Å²) in [6, 6.07) is 4.83. The van der Waals surface area contributed by atoms with Crippen molar-refractivity contribution >= 4 is 17.7 Å². The molecule has 0 aliphatic carbocycles. The zero-order chi connectivity index (χ0) is 14.8. The molecular weight excluding hydrogens is 289 g/mol. The molecule has 1 N–H and O–H groups in total. The molecule has 1 aromatic rings. The summed E-state index contributed by atoms with van der Waals surface area (Å²) in [4.78, 5) is 13.5. The lowest BCUT2D eigenvalue weighted by atomic mass is 10.1. The highest BCUT2D eigenvalue weighted by Crippen LogP contribution is 2.29. The van der Waals surface area contributed by atoms with Crippen LogP contribution >= 0.6 is 11.8 Å². The fourth-order valence-corrected chi connectivity index (χ4v) is 2.95. The molecule has 110 valence electrons. The van der Waals surface area contributed by atoms with Gasteiger partial charge >= 0.3 is 6.18 Å². The van der Waals surface area contributed by atoms with E-state index in [-0.39, 0.29) is 18.5 Å². The van der Waals surface area contributed by atoms with Crippen LogP contribution in [0.3, 0.4) is 0 Å². The third kappa shape index (κ3) is 3.67. The van der Waals surface area contributed by atoms with Gasteiger partial charge in [-0.2, -0.15) is 13.2 Å². The molecule has 0 saturated carbocycles. The maximum atomic E-state index is 12.6. The molecule has 0 bridgehead atoms. The van der Waals surface area contributed by atoms with E-state index in [1.54, 1.807) is 24.9 Å². The third-order valence-corrected chi connectivity index (χ3v) is 4.00. The van der Waals surface area contributed by atoms with Crippen molar-refractivity contribution in [3.8, 4) is 0 Å². The fraction of sp³-hybridized carbons (Fsp3) is 0.462. The van der Waals surface area contributed by atoms with Crippen molar-refractivity contribution in [2.75, 3.05) is 18.7 Å². The van der Waals surface area contributed by atoms with Crippen molar-refractivity contribution < 1.29 is 18.0 Å². The molecule has 1 saturated heterocycles. The number of hydrogen-bond donors (Lipinski definition) is 1. The molecule has 1 amide bonds. The second kappa shape index (κ2) is 6.05. The molecule has 1 fully saturated rings. The van der Waals surface area contributed by atoms with Crippen LogP contribution in [0.1, 0.15) is 11.1 Å². The highest BCUT2D eigenvalue weighted by molar-refractivity contribution is 7.99. The van der Waals surface area contributed by atoms with Gasteiger partial charge in [-0.1, -0.05) is 12.1 Å². The first-order chi connectivity index (χ1) is 9.38. The molecule has 7 heteroatoms. The molecule has 0 radical (unpaired) electrons. The van der Waals surface area contributed by atoms with E-state index in [1.165, 1.54) is 11.0 Å². The summed E-state index contributed by atoms with van der Waals surface area (Å²) >= 11 is 1.63. The molecule has 20 heavy (non-hydrogen) atoms. The number of nitrogens with zero attached hydrogens (tertiary/aromatic N) is 1. The van der Waals surface area contributed by atoms with E-state index < -0.39 is 11.7 Å². The monoisotopic (exact) mass is 304 g/mol. The number of thioether (sulfide) groups is 1. The van der Waals surface area contributed by atoms with E-state index in [2.05, 4.69) is 5.32 Å². The van der Waals surface area contributed by atoms with Crippen LogP contribution in [-0.4, -0.2) is 35.5 Å². The molecule has 1 unspecified atom stereocenters. The Bertz CT molecular complexity index is 487. The number of alkyl halides is 3. The molecule has 1 heterocycles. The van der Waals surface area contributed by atoms with Crippen LogP contribution in [0.15, 0.2) is 24.3 Å². The van der Waals surface area contributed by atoms with Crippen LogP contribution in [0.5, 0.6) is 0 Å². The Labute approximate surface area is 119 Å². The Morgan fingerprint density at radius 1 is 1.50 bits per heavy atom. The Morgan fingerprint density at radius 2 is 2.25 bits per heavy atom. The Hall–Kier alpha value is -1.21. The van der Waals surface area contributed by atoms with Gasteiger partial charge in [-0.05, 0) is 17.7 Å². The molecule has 1 aliphatic rings. The molecule has 0 spiro atoms. The smallest absolute Gasteiger partial charge is 0.340 e. The largest absolute Gasteiger partial charge is 0.416 e. The first kappa shape index (κ1) is 15.2. The van der Waals surface area contributed by atoms with Gasteiger partial charge in [-0.3, -0.25) is 10.1 Å². The topological polar surface area (TPSA) is 32.3 Å². The molecule has 3 nitrogen and oxygen atoms in total. The van der Waals surface area contributed by atoms with Gasteiger partial charge in [0.05, 0.1) is 11.6 Å².